The average molecular weight is 697 g/mol. The van der Waals surface area contributed by atoms with Crippen LogP contribution in [-0.4, -0.2) is 102 Å². The van der Waals surface area contributed by atoms with Gasteiger partial charge >= 0.3 is 17.9 Å². The number of amides is 2. The third-order valence-electron chi connectivity index (χ3n) is 9.75. The van der Waals surface area contributed by atoms with Gasteiger partial charge in [-0.1, -0.05) is 32.0 Å². The number of hydrogen-bond acceptors (Lipinski definition) is 12. The van der Waals surface area contributed by atoms with Gasteiger partial charge in [-0.25, -0.2) is 14.4 Å². The van der Waals surface area contributed by atoms with Crippen molar-refractivity contribution in [2.45, 2.75) is 95.2 Å². The van der Waals surface area contributed by atoms with Gasteiger partial charge in [0, 0.05) is 41.9 Å². The first-order valence-corrected chi connectivity index (χ1v) is 17.1. The van der Waals surface area contributed by atoms with Crippen LogP contribution in [0.15, 0.2) is 42.0 Å². The molecule has 1 aromatic rings. The summed E-state index contributed by atoms with van der Waals surface area (Å²) in [6.45, 7) is 4.63. The number of nitrogens with one attached hydrogen (secondary N) is 2. The van der Waals surface area contributed by atoms with Crippen LogP contribution in [0, 0.1) is 17.3 Å². The monoisotopic (exact) mass is 696 g/mol. The molecule has 14 nitrogen and oxygen atoms in total. The fraction of sp³-hybridized carbons (Fsp3) is 0.583. The highest BCUT2D eigenvalue weighted by Crippen LogP contribution is 2.59. The summed E-state index contributed by atoms with van der Waals surface area (Å²) in [5.41, 5.74) is 0.000880. The Kier molecular flexibility index (Phi) is 10.2. The highest BCUT2D eigenvalue weighted by molar-refractivity contribution is 5.98. The highest BCUT2D eigenvalue weighted by atomic mass is 16.8. The van der Waals surface area contributed by atoms with Crippen molar-refractivity contribution in [3.05, 3.63) is 53.1 Å². The van der Waals surface area contributed by atoms with E-state index in [1.54, 1.807) is 38.1 Å². The second-order valence-electron chi connectivity index (χ2n) is 14.3. The average Bonchev–Trinajstić information content (AvgIpc) is 4.03. The van der Waals surface area contributed by atoms with Gasteiger partial charge in [0.1, 0.15) is 31.0 Å². The van der Waals surface area contributed by atoms with Gasteiger partial charge in [0.05, 0.1) is 18.3 Å². The minimum absolute atomic E-state index is 0.0524. The molecule has 3 aliphatic carbocycles. The van der Waals surface area contributed by atoms with Crippen LogP contribution in [0.3, 0.4) is 0 Å². The van der Waals surface area contributed by atoms with Crippen molar-refractivity contribution in [3.8, 4) is 0 Å². The number of rotatable bonds is 13. The van der Waals surface area contributed by atoms with Crippen LogP contribution in [0.4, 0.5) is 0 Å². The summed E-state index contributed by atoms with van der Waals surface area (Å²) >= 11 is 0. The third-order valence-corrected chi connectivity index (χ3v) is 9.75. The Bertz CT molecular complexity index is 1560. The Hall–Kier alpha value is -4.11. The number of esters is 3. The summed E-state index contributed by atoms with van der Waals surface area (Å²) in [5, 5.41) is 24.4. The van der Waals surface area contributed by atoms with Gasteiger partial charge in [0.15, 0.2) is 5.79 Å². The molecule has 2 aliphatic heterocycles. The molecule has 2 amide bonds. The van der Waals surface area contributed by atoms with Crippen molar-refractivity contribution in [1.29, 1.82) is 0 Å². The lowest BCUT2D eigenvalue weighted by Gasteiger charge is -2.31. The number of aliphatic hydroxyl groups excluding tert-OH is 2. The van der Waals surface area contributed by atoms with E-state index >= 15 is 0 Å². The normalized spacial score (nSPS) is 27.8. The van der Waals surface area contributed by atoms with Crippen LogP contribution >= 0.6 is 0 Å². The molecule has 270 valence electrons. The number of carbonyl (C=O) groups is 5. The molecule has 50 heavy (non-hydrogen) atoms. The predicted molar refractivity (Wildman–Crippen MR) is 174 cm³/mol. The quantitative estimate of drug-likeness (QED) is 0.131. The summed E-state index contributed by atoms with van der Waals surface area (Å²) in [6.07, 6.45) is 3.20. The number of fused-ring (bicyclic) bond motifs is 1. The number of carbonyl (C=O) groups excluding carboxylic acids is 5. The Morgan fingerprint density at radius 1 is 1.06 bits per heavy atom. The molecular weight excluding hydrogens is 652 g/mol. The van der Waals surface area contributed by atoms with Gasteiger partial charge in [-0.2, -0.15) is 0 Å². The number of ether oxygens (including phenoxy) is 5. The van der Waals surface area contributed by atoms with Crippen molar-refractivity contribution in [2.75, 3.05) is 19.8 Å². The second-order valence-corrected chi connectivity index (χ2v) is 14.3. The van der Waals surface area contributed by atoms with Gasteiger partial charge in [-0.05, 0) is 56.4 Å². The van der Waals surface area contributed by atoms with Gasteiger partial charge in [0.25, 0.3) is 0 Å². The minimum atomic E-state index is -1.30. The van der Waals surface area contributed by atoms with Crippen molar-refractivity contribution < 1.29 is 57.9 Å². The fourth-order valence-corrected chi connectivity index (χ4v) is 6.78. The molecule has 0 radical (unpaired) electrons. The summed E-state index contributed by atoms with van der Waals surface area (Å²) in [6, 6.07) is 5.18. The first-order valence-electron chi connectivity index (χ1n) is 17.1. The zero-order valence-electron chi connectivity index (χ0n) is 28.3. The third kappa shape index (κ3) is 7.48. The fourth-order valence-electron chi connectivity index (χ4n) is 6.78. The van der Waals surface area contributed by atoms with Gasteiger partial charge in [0.2, 0.25) is 17.9 Å². The smallest absolute Gasteiger partial charge is 0.348 e. The zero-order chi connectivity index (χ0) is 35.8. The van der Waals surface area contributed by atoms with Crippen molar-refractivity contribution >= 4 is 35.8 Å². The standard InChI is InChI=1S/C36H44N2O12/c1-19(40)28(32(43)37-14-15-39)38-31(42)21-16-25(29-26(17-21)49-36(50-29,22-9-10-22)23-11-12-23)47-33(44)24-7-5-4-6-20(24)8-13-27(41)48-30-34(45)46-18-35(30,2)3/h4-8,13,17,19,22-23,25-26,28-30,39-40H,9-12,14-16,18H2,1-3H3,(H,37,43)(H,38,42)/t19-,25+,26+,28+,29-,30-/m0/s1. The molecule has 0 unspecified atom stereocenters. The largest absolute Gasteiger partial charge is 0.462 e. The molecule has 2 saturated carbocycles. The van der Waals surface area contributed by atoms with E-state index in [4.69, 9.17) is 28.8 Å². The van der Waals surface area contributed by atoms with E-state index in [9.17, 15) is 29.1 Å². The van der Waals surface area contributed by atoms with E-state index in [0.717, 1.165) is 31.8 Å². The molecule has 4 N–H and O–H groups in total. The molecule has 5 aliphatic rings. The molecule has 0 spiro atoms. The molecule has 6 rings (SSSR count). The summed E-state index contributed by atoms with van der Waals surface area (Å²) in [5.74, 6) is -3.89. The molecule has 0 aromatic heterocycles. The second kappa shape index (κ2) is 14.3. The molecule has 1 aromatic carbocycles. The van der Waals surface area contributed by atoms with E-state index in [0.29, 0.717) is 5.56 Å². The van der Waals surface area contributed by atoms with Crippen molar-refractivity contribution in [3.63, 3.8) is 0 Å². The number of benzene rings is 1. The van der Waals surface area contributed by atoms with Gasteiger partial charge in [-0.3, -0.25) is 9.59 Å². The Morgan fingerprint density at radius 2 is 1.76 bits per heavy atom. The lowest BCUT2D eigenvalue weighted by molar-refractivity contribution is -0.209. The molecule has 2 heterocycles. The predicted octanol–water partition coefficient (Wildman–Crippen LogP) is 1.32. The molecule has 2 saturated heterocycles. The Labute approximate surface area is 289 Å². The maximum atomic E-state index is 13.8. The molecular formula is C36H44N2O12. The maximum Gasteiger partial charge on any atom is 0.348 e. The summed E-state index contributed by atoms with van der Waals surface area (Å²) < 4.78 is 29.7. The van der Waals surface area contributed by atoms with Gasteiger partial charge in [-0.15, -0.1) is 0 Å². The van der Waals surface area contributed by atoms with Crippen LogP contribution in [0.5, 0.6) is 0 Å². The van der Waals surface area contributed by atoms with Crippen LogP contribution in [0.25, 0.3) is 6.08 Å². The maximum absolute atomic E-state index is 13.8. The van der Waals surface area contributed by atoms with E-state index in [-0.39, 0.29) is 49.2 Å². The van der Waals surface area contributed by atoms with E-state index < -0.39 is 77.5 Å². The zero-order valence-corrected chi connectivity index (χ0v) is 28.3. The van der Waals surface area contributed by atoms with Crippen LogP contribution in [0.2, 0.25) is 0 Å². The Balaban J connectivity index is 1.21. The van der Waals surface area contributed by atoms with E-state index in [2.05, 4.69) is 10.6 Å². The highest BCUT2D eigenvalue weighted by Gasteiger charge is 2.64. The first-order chi connectivity index (χ1) is 23.8. The minimum Gasteiger partial charge on any atom is -0.462 e. The van der Waals surface area contributed by atoms with Crippen LogP contribution < -0.4 is 10.6 Å². The molecule has 4 fully saturated rings. The summed E-state index contributed by atoms with van der Waals surface area (Å²) in [4.78, 5) is 64.8. The number of aliphatic hydroxyl groups is 2. The molecule has 14 heteroatoms. The van der Waals surface area contributed by atoms with Crippen LogP contribution in [-0.2, 0) is 42.9 Å². The lowest BCUT2D eigenvalue weighted by Crippen LogP contribution is -2.54. The number of hydrogen-bond donors (Lipinski definition) is 4. The van der Waals surface area contributed by atoms with E-state index in [1.165, 1.54) is 19.1 Å². The number of cyclic esters (lactones) is 1. The SMILES string of the molecule is C[C@H](O)[C@@H](NC(=O)C1=C[C@H]2OC(C3CC3)(C3CC3)O[C@H]2[C@H](OC(=O)c2ccccc2C=CC(=O)O[C@H]2C(=O)OCC2(C)C)C1)C(=O)NCCO. The lowest BCUT2D eigenvalue weighted by atomic mass is 9.90. The van der Waals surface area contributed by atoms with Gasteiger partial charge < -0.3 is 44.5 Å². The van der Waals surface area contributed by atoms with E-state index in [1.807, 2.05) is 0 Å². The van der Waals surface area contributed by atoms with Crippen molar-refractivity contribution in [2.24, 2.45) is 17.3 Å². The molecule has 6 atom stereocenters. The van der Waals surface area contributed by atoms with Crippen molar-refractivity contribution in [1.82, 2.24) is 10.6 Å². The first kappa shape index (κ1) is 35.7. The molecule has 0 bridgehead atoms. The Morgan fingerprint density at radius 3 is 2.38 bits per heavy atom. The topological polar surface area (TPSA) is 196 Å². The summed E-state index contributed by atoms with van der Waals surface area (Å²) in [7, 11) is 0. The van der Waals surface area contributed by atoms with Crippen LogP contribution in [0.1, 0.15) is 68.8 Å².